The quantitative estimate of drug-likeness (QED) is 0.776. The van der Waals surface area contributed by atoms with Crippen molar-refractivity contribution >= 4 is 18.8 Å². The highest BCUT2D eigenvalue weighted by molar-refractivity contribution is 6.88. The molecule has 0 radical (unpaired) electrons. The maximum atomic E-state index is 5.67. The first-order valence-corrected chi connectivity index (χ1v) is 11.1. The summed E-state index contributed by atoms with van der Waals surface area (Å²) in [6.45, 7) is 8.91. The molecule has 2 unspecified atom stereocenters. The summed E-state index contributed by atoms with van der Waals surface area (Å²) in [7, 11) is 1.03. The Hall–Kier alpha value is -0.903. The van der Waals surface area contributed by atoms with Crippen molar-refractivity contribution in [3.63, 3.8) is 0 Å². The molecule has 108 valence electrons. The van der Waals surface area contributed by atoms with Crippen LogP contribution in [0.3, 0.4) is 0 Å². The van der Waals surface area contributed by atoms with Gasteiger partial charge in [0.1, 0.15) is 0 Å². The van der Waals surface area contributed by atoms with Crippen molar-refractivity contribution in [2.75, 3.05) is 20.3 Å². The Bertz CT molecular complexity index is 515. The van der Waals surface area contributed by atoms with Gasteiger partial charge in [0.2, 0.25) is 0 Å². The zero-order valence-electron chi connectivity index (χ0n) is 13.0. The molecule has 0 N–H and O–H groups in total. The Kier molecular flexibility index (Phi) is 3.61. The van der Waals surface area contributed by atoms with E-state index in [1.165, 1.54) is 11.1 Å². The summed E-state index contributed by atoms with van der Waals surface area (Å²) in [4.78, 5) is 2.46. The fraction of sp³-hybridized carbons (Fsp3) is 0.529. The van der Waals surface area contributed by atoms with Gasteiger partial charge in [-0.25, -0.2) is 0 Å². The van der Waals surface area contributed by atoms with Gasteiger partial charge in [0, 0.05) is 6.04 Å². The highest BCUT2D eigenvalue weighted by Gasteiger charge is 2.32. The van der Waals surface area contributed by atoms with Gasteiger partial charge in [-0.3, -0.25) is 4.90 Å². The van der Waals surface area contributed by atoms with Crippen LogP contribution in [0.4, 0.5) is 0 Å². The van der Waals surface area contributed by atoms with Crippen LogP contribution in [-0.4, -0.2) is 45.3 Å². The number of nitrogens with zero attached hydrogens (tertiary/aromatic N) is 1. The molecule has 3 heteroatoms. The minimum atomic E-state index is -1.19. The van der Waals surface area contributed by atoms with E-state index in [0.717, 1.165) is 19.6 Å². The van der Waals surface area contributed by atoms with Crippen molar-refractivity contribution in [2.24, 2.45) is 0 Å². The molecular formula is C17H25NOSi. The molecule has 3 rings (SSSR count). The lowest BCUT2D eigenvalue weighted by Gasteiger charge is -2.42. The lowest BCUT2D eigenvalue weighted by Crippen LogP contribution is -2.51. The highest BCUT2D eigenvalue weighted by atomic mass is 28.3. The number of rotatable bonds is 2. The number of morpholine rings is 1. The Morgan fingerprint density at radius 3 is 2.40 bits per heavy atom. The maximum Gasteiger partial charge on any atom is 0.0775 e. The summed E-state index contributed by atoms with van der Waals surface area (Å²) in [5.74, 6) is 0. The van der Waals surface area contributed by atoms with Gasteiger partial charge >= 0.3 is 0 Å². The molecule has 1 saturated heterocycles. The molecule has 2 bridgehead atoms. The second kappa shape index (κ2) is 5.13. The zero-order chi connectivity index (χ0) is 14.3. The monoisotopic (exact) mass is 287 g/mol. The topological polar surface area (TPSA) is 12.5 Å². The number of hydrogen-bond acceptors (Lipinski definition) is 2. The van der Waals surface area contributed by atoms with Crippen molar-refractivity contribution in [1.29, 1.82) is 0 Å². The second-order valence-electron chi connectivity index (χ2n) is 7.15. The molecule has 2 aliphatic heterocycles. The van der Waals surface area contributed by atoms with Crippen molar-refractivity contribution in [1.82, 2.24) is 4.90 Å². The fourth-order valence-corrected chi connectivity index (χ4v) is 4.32. The number of fused-ring (bicyclic) bond motifs is 2. The number of hydrogen-bond donors (Lipinski definition) is 0. The summed E-state index contributed by atoms with van der Waals surface area (Å²) in [6, 6.07) is 10.3. The average Bonchev–Trinajstić information content (AvgIpc) is 2.37. The van der Waals surface area contributed by atoms with E-state index in [1.54, 1.807) is 5.19 Å². The van der Waals surface area contributed by atoms with Crippen LogP contribution in [0, 0.1) is 0 Å². The van der Waals surface area contributed by atoms with E-state index >= 15 is 0 Å². The molecule has 0 aliphatic carbocycles. The van der Waals surface area contributed by atoms with Crippen LogP contribution in [0.25, 0.3) is 5.57 Å². The first-order chi connectivity index (χ1) is 9.45. The summed E-state index contributed by atoms with van der Waals surface area (Å²) >= 11 is 0. The Morgan fingerprint density at radius 2 is 1.80 bits per heavy atom. The minimum absolute atomic E-state index is 0.453. The molecule has 0 spiro atoms. The summed E-state index contributed by atoms with van der Waals surface area (Å²) in [6.07, 6.45) is 3.51. The molecule has 2 atom stereocenters. The van der Waals surface area contributed by atoms with Gasteiger partial charge in [-0.2, -0.15) is 0 Å². The van der Waals surface area contributed by atoms with Gasteiger partial charge in [-0.15, -0.1) is 0 Å². The van der Waals surface area contributed by atoms with Crippen molar-refractivity contribution in [2.45, 2.75) is 38.1 Å². The maximum absolute atomic E-state index is 5.67. The normalized spacial score (nSPS) is 27.3. The average molecular weight is 287 g/mol. The molecule has 1 aromatic carbocycles. The standard InChI is InChI=1S/C17H25NOSi/c1-18-15-9-14(10-16(18)12-19-11-15)13-5-7-17(8-6-13)20(2,3)4/h5-9,15-16H,10-12H2,1-4H3. The van der Waals surface area contributed by atoms with Crippen LogP contribution in [0.15, 0.2) is 30.3 Å². The highest BCUT2D eigenvalue weighted by Crippen LogP contribution is 2.31. The van der Waals surface area contributed by atoms with Crippen LogP contribution in [0.5, 0.6) is 0 Å². The lowest BCUT2D eigenvalue weighted by atomic mass is 9.90. The molecule has 2 aliphatic rings. The molecule has 2 heterocycles. The van der Waals surface area contributed by atoms with E-state index in [1.807, 2.05) is 0 Å². The minimum Gasteiger partial charge on any atom is -0.378 e. The van der Waals surface area contributed by atoms with Gasteiger partial charge in [0.25, 0.3) is 0 Å². The summed E-state index contributed by atoms with van der Waals surface area (Å²) in [5, 5.41) is 1.54. The van der Waals surface area contributed by atoms with E-state index in [9.17, 15) is 0 Å². The first-order valence-electron chi connectivity index (χ1n) is 7.56. The van der Waals surface area contributed by atoms with Crippen LogP contribution in [0.2, 0.25) is 19.6 Å². The lowest BCUT2D eigenvalue weighted by molar-refractivity contribution is -0.0221. The summed E-state index contributed by atoms with van der Waals surface area (Å²) in [5.41, 5.74) is 2.90. The van der Waals surface area contributed by atoms with Gasteiger partial charge in [-0.05, 0) is 24.6 Å². The Labute approximate surface area is 123 Å². The van der Waals surface area contributed by atoms with Crippen LogP contribution < -0.4 is 5.19 Å². The van der Waals surface area contributed by atoms with Gasteiger partial charge in [-0.1, -0.05) is 55.2 Å². The van der Waals surface area contributed by atoms with Gasteiger partial charge < -0.3 is 4.74 Å². The molecule has 0 amide bonds. The summed E-state index contributed by atoms with van der Waals surface area (Å²) < 4.78 is 5.67. The Morgan fingerprint density at radius 1 is 1.10 bits per heavy atom. The third kappa shape index (κ3) is 2.62. The Balaban J connectivity index is 1.86. The first kappa shape index (κ1) is 14.1. The SMILES string of the molecule is CN1C2C=C(c3ccc([Si](C)(C)C)cc3)CC1COC2. The molecule has 1 aromatic rings. The smallest absolute Gasteiger partial charge is 0.0775 e. The van der Waals surface area contributed by atoms with Crippen LogP contribution in [0.1, 0.15) is 12.0 Å². The second-order valence-corrected chi connectivity index (χ2v) is 12.2. The molecule has 0 saturated carbocycles. The van der Waals surface area contributed by atoms with E-state index in [-0.39, 0.29) is 0 Å². The van der Waals surface area contributed by atoms with Gasteiger partial charge in [0.05, 0.1) is 27.3 Å². The van der Waals surface area contributed by atoms with E-state index < -0.39 is 8.07 Å². The molecular weight excluding hydrogens is 262 g/mol. The van der Waals surface area contributed by atoms with E-state index in [0.29, 0.717) is 12.1 Å². The number of benzene rings is 1. The van der Waals surface area contributed by atoms with Crippen molar-refractivity contribution in [3.05, 3.63) is 35.9 Å². The van der Waals surface area contributed by atoms with Gasteiger partial charge in [0.15, 0.2) is 0 Å². The zero-order valence-corrected chi connectivity index (χ0v) is 14.0. The van der Waals surface area contributed by atoms with E-state index in [4.69, 9.17) is 4.74 Å². The fourth-order valence-electron chi connectivity index (χ4n) is 3.15. The van der Waals surface area contributed by atoms with Crippen LogP contribution >= 0.6 is 0 Å². The molecule has 20 heavy (non-hydrogen) atoms. The predicted octanol–water partition coefficient (Wildman–Crippen LogP) is 2.72. The van der Waals surface area contributed by atoms with Crippen LogP contribution in [-0.2, 0) is 4.74 Å². The molecule has 0 aromatic heterocycles. The number of ether oxygens (including phenoxy) is 1. The third-order valence-corrected chi connectivity index (χ3v) is 6.73. The van der Waals surface area contributed by atoms with Crippen molar-refractivity contribution in [3.8, 4) is 0 Å². The molecule has 1 fully saturated rings. The van der Waals surface area contributed by atoms with Crippen molar-refractivity contribution < 1.29 is 4.74 Å². The van der Waals surface area contributed by atoms with E-state index in [2.05, 4.69) is 61.9 Å². The predicted molar refractivity (Wildman–Crippen MR) is 88.2 cm³/mol. The third-order valence-electron chi connectivity index (χ3n) is 4.67. The molecule has 2 nitrogen and oxygen atoms in total. The largest absolute Gasteiger partial charge is 0.378 e. The number of likely N-dealkylation sites (N-methyl/N-ethyl adjacent to an activating group) is 1.